The van der Waals surface area contributed by atoms with Crippen LogP contribution in [0.3, 0.4) is 0 Å². The lowest BCUT2D eigenvalue weighted by Gasteiger charge is -2.14. The Kier molecular flexibility index (Phi) is 55.0. The summed E-state index contributed by atoms with van der Waals surface area (Å²) < 4.78 is 13.4. The van der Waals surface area contributed by atoms with E-state index in [4.69, 9.17) is 0 Å². The molecule has 0 aliphatic rings. The second-order valence-corrected chi connectivity index (χ2v) is 21.0. The Hall–Kier alpha value is -4.60. The Morgan fingerprint density at radius 3 is 0.808 bits per heavy atom. The van der Waals surface area contributed by atoms with Crippen LogP contribution in [0.5, 0.6) is 0 Å². The summed E-state index contributed by atoms with van der Waals surface area (Å²) in [4.78, 5) is 12.6. The molecule has 6 aromatic heterocycles. The first-order valence-corrected chi connectivity index (χ1v) is 31.2. The monoisotopic (exact) mass is 1090 g/mol. The molecule has 6 rings (SSSR count). The zero-order chi connectivity index (χ0) is 62.6. The summed E-state index contributed by atoms with van der Waals surface area (Å²) in [6.45, 7) is 76.6. The molecule has 0 fully saturated rings. The van der Waals surface area contributed by atoms with Crippen molar-refractivity contribution in [1.29, 1.82) is 0 Å². The van der Waals surface area contributed by atoms with Crippen molar-refractivity contribution in [2.24, 2.45) is 0 Å². The van der Waals surface area contributed by atoms with E-state index in [0.717, 1.165) is 0 Å². The molecule has 0 bridgehead atoms. The molecule has 0 aromatic carbocycles. The third-order valence-electron chi connectivity index (χ3n) is 11.2. The predicted molar refractivity (Wildman–Crippen MR) is 353 cm³/mol. The minimum absolute atomic E-state index is 0.474. The van der Waals surface area contributed by atoms with E-state index < -0.39 is 0 Å². The molecule has 0 aliphatic carbocycles. The van der Waals surface area contributed by atoms with Gasteiger partial charge < -0.3 is 22.8 Å². The van der Waals surface area contributed by atoms with E-state index in [-0.39, 0.29) is 0 Å². The smallest absolute Gasteiger partial charge is 0.111 e. The molecule has 0 N–H and O–H groups in total. The summed E-state index contributed by atoms with van der Waals surface area (Å²) in [7, 11) is 0. The van der Waals surface area contributed by atoms with Gasteiger partial charge in [-0.25, -0.2) is 15.0 Å². The van der Waals surface area contributed by atoms with Gasteiger partial charge in [-0.3, -0.25) is 4.68 Å². The highest BCUT2D eigenvalue weighted by Crippen LogP contribution is 2.22. The average molecular weight is 1090 g/mol. The Balaban J connectivity index is -0.000000192. The number of rotatable bonds is 12. The summed E-state index contributed by atoms with van der Waals surface area (Å²) >= 11 is 0. The van der Waals surface area contributed by atoms with Gasteiger partial charge in [0.1, 0.15) is 5.82 Å². The van der Waals surface area contributed by atoms with Gasteiger partial charge in [-0.2, -0.15) is 5.10 Å². The maximum Gasteiger partial charge on any atom is 0.111 e. The Morgan fingerprint density at radius 1 is 0.295 bits per heavy atom. The highest BCUT2D eigenvalue weighted by molar-refractivity contribution is 5.13. The van der Waals surface area contributed by atoms with Gasteiger partial charge in [0.15, 0.2) is 0 Å². The summed E-state index contributed by atoms with van der Waals surface area (Å²) in [6.07, 6.45) is 17.8. The second kappa shape index (κ2) is 50.6. The van der Waals surface area contributed by atoms with Gasteiger partial charge in [-0.1, -0.05) is 166 Å². The average Bonchev–Trinajstić information content (AvgIpc) is 4.28. The van der Waals surface area contributed by atoms with Gasteiger partial charge in [0.2, 0.25) is 0 Å². The fourth-order valence-electron chi connectivity index (χ4n) is 7.54. The second-order valence-electron chi connectivity index (χ2n) is 21.0. The minimum atomic E-state index is 0.474. The van der Waals surface area contributed by atoms with E-state index in [2.05, 4.69) is 256 Å². The van der Waals surface area contributed by atoms with E-state index in [0.29, 0.717) is 71.8 Å². The van der Waals surface area contributed by atoms with Crippen LogP contribution in [-0.2, 0) is 0 Å². The van der Waals surface area contributed by atoms with Crippen molar-refractivity contribution in [1.82, 2.24) is 47.6 Å². The summed E-state index contributed by atoms with van der Waals surface area (Å²) in [5.74, 6) is 4.67. The molecule has 0 spiro atoms. The number of imidazole rings is 3. The first-order chi connectivity index (χ1) is 36.8. The van der Waals surface area contributed by atoms with Crippen LogP contribution in [0.25, 0.3) is 0 Å². The topological polar surface area (TPSA) is 81.1 Å². The lowest BCUT2D eigenvalue weighted by Crippen LogP contribution is -2.08. The minimum Gasteiger partial charge on any atom is -0.349 e. The number of aromatic nitrogens is 10. The van der Waals surface area contributed by atoms with Crippen LogP contribution in [0.4, 0.5) is 0 Å². The standard InChI is InChI=1S/2C10H17N.4C9H16N2.6C2H6/c2*1-8(2)10-6-5-7-11(10)9(3)4;2*1-7(2)9-5-10-6-11(9)8(3)4;1-7(2)9-10-5-6-11(9)8(3)4;1-7(2)9-5-6-10-11(9)8(3)4;6*1-2/h2*5-9H,1-4H3;4*5-8H,1-4H3;6*1-2H3. The summed E-state index contributed by atoms with van der Waals surface area (Å²) in [5, 5.41) is 4.25. The maximum absolute atomic E-state index is 4.30. The van der Waals surface area contributed by atoms with Crippen LogP contribution in [0.15, 0.2) is 86.4 Å². The summed E-state index contributed by atoms with van der Waals surface area (Å²) in [6, 6.07) is 13.9. The van der Waals surface area contributed by atoms with Crippen molar-refractivity contribution in [2.75, 3.05) is 0 Å². The highest BCUT2D eigenvalue weighted by Gasteiger charge is 2.12. The molecule has 0 saturated carbocycles. The largest absolute Gasteiger partial charge is 0.349 e. The molecule has 6 heterocycles. The molecule has 456 valence electrons. The van der Waals surface area contributed by atoms with Crippen molar-refractivity contribution in [3.63, 3.8) is 0 Å². The van der Waals surface area contributed by atoms with Crippen molar-refractivity contribution in [3.05, 3.63) is 121 Å². The molecule has 0 atom stereocenters. The third kappa shape index (κ3) is 33.1. The Bertz CT molecular complexity index is 1590. The van der Waals surface area contributed by atoms with E-state index in [1.54, 1.807) is 0 Å². The van der Waals surface area contributed by atoms with Crippen molar-refractivity contribution < 1.29 is 0 Å². The molecule has 0 radical (unpaired) electrons. The number of hydrogen-bond donors (Lipinski definition) is 0. The summed E-state index contributed by atoms with van der Waals surface area (Å²) in [5.41, 5.74) is 6.82. The molecular weight excluding hydrogens is 957 g/mol. The van der Waals surface area contributed by atoms with Crippen molar-refractivity contribution in [2.45, 2.75) is 321 Å². The quantitative estimate of drug-likeness (QED) is 0.122. The van der Waals surface area contributed by atoms with Crippen LogP contribution >= 0.6 is 0 Å². The zero-order valence-electron chi connectivity index (χ0n) is 58.5. The molecule has 10 heteroatoms. The first-order valence-electron chi connectivity index (χ1n) is 31.2. The van der Waals surface area contributed by atoms with Gasteiger partial charge in [0.05, 0.1) is 12.7 Å². The maximum atomic E-state index is 4.30. The zero-order valence-corrected chi connectivity index (χ0v) is 58.5. The fraction of sp³-hybridized carbons (Fsp3) is 0.706. The molecular formula is C68H134N10. The van der Waals surface area contributed by atoms with Crippen molar-refractivity contribution >= 4 is 0 Å². The van der Waals surface area contributed by atoms with Gasteiger partial charge in [0, 0.05) is 114 Å². The van der Waals surface area contributed by atoms with Gasteiger partial charge in [-0.15, -0.1) is 0 Å². The predicted octanol–water partition coefficient (Wildman–Crippen LogP) is 22.9. The molecule has 78 heavy (non-hydrogen) atoms. The van der Waals surface area contributed by atoms with E-state index in [1.807, 2.05) is 127 Å². The molecule has 10 nitrogen and oxygen atoms in total. The van der Waals surface area contributed by atoms with Gasteiger partial charge in [0.25, 0.3) is 0 Å². The Labute approximate surface area is 487 Å². The van der Waals surface area contributed by atoms with Crippen LogP contribution in [0.2, 0.25) is 0 Å². The van der Waals surface area contributed by atoms with Crippen LogP contribution in [-0.4, -0.2) is 47.6 Å². The lowest BCUT2D eigenvalue weighted by molar-refractivity contribution is 0.498. The third-order valence-corrected chi connectivity index (χ3v) is 11.2. The van der Waals surface area contributed by atoms with E-state index >= 15 is 0 Å². The normalized spacial score (nSPS) is 10.2. The SMILES string of the molecule is CC.CC.CC.CC.CC.CC.CC(C)c1cccn1C(C)C.CC(C)c1cccn1C(C)C.CC(C)c1ccnn1C(C)C.CC(C)c1cncn1C(C)C.CC(C)c1cncn1C(C)C.CC(C)c1nccn1C(C)C. The van der Waals surface area contributed by atoms with E-state index in [9.17, 15) is 0 Å². The van der Waals surface area contributed by atoms with Crippen molar-refractivity contribution in [3.8, 4) is 0 Å². The Morgan fingerprint density at radius 2 is 0.603 bits per heavy atom. The molecule has 0 saturated heterocycles. The number of hydrogen-bond acceptors (Lipinski definition) is 4. The van der Waals surface area contributed by atoms with Crippen LogP contribution in [0.1, 0.15) is 355 Å². The molecule has 0 aliphatic heterocycles. The molecule has 0 amide bonds. The number of nitrogens with zero attached hydrogens (tertiary/aromatic N) is 10. The van der Waals surface area contributed by atoms with Gasteiger partial charge in [-0.05, 0) is 143 Å². The first kappa shape index (κ1) is 84.7. The van der Waals surface area contributed by atoms with Crippen LogP contribution < -0.4 is 0 Å². The highest BCUT2D eigenvalue weighted by atomic mass is 15.3. The lowest BCUT2D eigenvalue weighted by atomic mass is 10.1. The van der Waals surface area contributed by atoms with Gasteiger partial charge >= 0.3 is 0 Å². The fourth-order valence-corrected chi connectivity index (χ4v) is 7.54. The molecule has 6 aromatic rings. The molecule has 0 unspecified atom stereocenters. The van der Waals surface area contributed by atoms with E-state index in [1.165, 1.54) is 34.3 Å². The van der Waals surface area contributed by atoms with Crippen LogP contribution in [0, 0.1) is 0 Å².